The molecule has 0 N–H and O–H groups in total. The van der Waals surface area contributed by atoms with Gasteiger partial charge in [0.15, 0.2) is 58.8 Å². The Kier molecular flexibility index (Phi) is 22.5. The quantitative estimate of drug-likeness (QED) is 0.0983. The molecule has 0 fully saturated rings. The summed E-state index contributed by atoms with van der Waals surface area (Å²) >= 11 is 0. The van der Waals surface area contributed by atoms with Crippen LogP contribution in [-0.4, -0.2) is 54.8 Å². The maximum absolute atomic E-state index is 8.45. The Hall–Kier alpha value is -14.3. The molecule has 20 rings (SSSR count). The third-order valence-electron chi connectivity index (χ3n) is 23.6. The smallest absolute Gasteiger partial charge is 0.227 e. The third-order valence-corrected chi connectivity index (χ3v) is 23.6. The van der Waals surface area contributed by atoms with E-state index in [1.165, 1.54) is 22.3 Å². The van der Waals surface area contributed by atoms with Gasteiger partial charge in [-0.3, -0.25) is 4.98 Å². The summed E-state index contributed by atoms with van der Waals surface area (Å²) in [6.45, 7) is 36.2. The van der Waals surface area contributed by atoms with Crippen LogP contribution in [0.4, 0.5) is 0 Å². The third kappa shape index (κ3) is 16.7. The zero-order valence-corrected chi connectivity index (χ0v) is 76.4. The number of hydrogen-bond acceptors (Lipinski definition) is 15. The van der Waals surface area contributed by atoms with Gasteiger partial charge in [0, 0.05) is 140 Å². The van der Waals surface area contributed by atoms with E-state index in [0.717, 1.165) is 184 Å². The first-order chi connectivity index (χ1) is 61.6. The van der Waals surface area contributed by atoms with Crippen molar-refractivity contribution in [3.63, 3.8) is 0 Å². The van der Waals surface area contributed by atoms with Crippen molar-refractivity contribution in [3.8, 4) is 90.2 Å². The van der Waals surface area contributed by atoms with Gasteiger partial charge in [-0.1, -0.05) is 148 Å². The summed E-state index contributed by atoms with van der Waals surface area (Å²) in [4.78, 5) is 50.7. The van der Waals surface area contributed by atoms with Gasteiger partial charge in [-0.05, 0) is 173 Å². The van der Waals surface area contributed by atoms with E-state index >= 15 is 0 Å². The van der Waals surface area contributed by atoms with Crippen molar-refractivity contribution in [2.45, 2.75) is 154 Å². The molecular formula is C108H107N15O4+4. The normalized spacial score (nSPS) is 12.1. The summed E-state index contributed by atoms with van der Waals surface area (Å²) in [5, 5.41) is 8.44. The van der Waals surface area contributed by atoms with E-state index in [-0.39, 0.29) is 11.8 Å². The van der Waals surface area contributed by atoms with Gasteiger partial charge < -0.3 is 17.7 Å². The Balaban J connectivity index is 0.000000121. The zero-order valence-electron chi connectivity index (χ0n) is 78.4. The maximum Gasteiger partial charge on any atom is 0.227 e. The number of pyridine rings is 9. The predicted molar refractivity (Wildman–Crippen MR) is 507 cm³/mol. The van der Waals surface area contributed by atoms with Crippen LogP contribution in [0.1, 0.15) is 175 Å². The van der Waals surface area contributed by atoms with Crippen LogP contribution in [0.25, 0.3) is 178 Å². The Labute approximate surface area is 743 Å². The summed E-state index contributed by atoms with van der Waals surface area (Å²) < 4.78 is 50.5. The largest absolute Gasteiger partial charge is 0.437 e. The molecule has 15 heterocycles. The molecule has 634 valence electrons. The van der Waals surface area contributed by atoms with Gasteiger partial charge in [-0.25, -0.2) is 68.1 Å². The first-order valence-electron chi connectivity index (χ1n) is 44.3. The fraction of sp³-hybridized carbons (Fsp3) is 0.250. The number of furan rings is 4. The molecule has 0 atom stereocenters. The lowest BCUT2D eigenvalue weighted by molar-refractivity contribution is -0.660. The summed E-state index contributed by atoms with van der Waals surface area (Å²) in [5.41, 5.74) is 30.6. The van der Waals surface area contributed by atoms with Crippen molar-refractivity contribution in [2.24, 2.45) is 28.2 Å². The van der Waals surface area contributed by atoms with Crippen LogP contribution in [0, 0.1) is 55.4 Å². The molecule has 127 heavy (non-hydrogen) atoms. The minimum absolute atomic E-state index is 0.234. The highest BCUT2D eigenvalue weighted by molar-refractivity contribution is 6.12. The van der Waals surface area contributed by atoms with Crippen molar-refractivity contribution in [3.05, 3.63) is 293 Å². The molecule has 0 aliphatic heterocycles. The standard InChI is InChI=1S/2C28H30N5O.C28H27N2O.C24H20N3O/c2*1-15(2)25-30-26(16(3)4)32-27(31-25)19-10-13-22(33(7)14-19)23-17(5)8-11-20-21-12-9-18(6)29-28(21)34-24(20)23;1-17(2)20-8-10-21(11-9-20)22-14-15-30(5)25(16-22)26-18(3)6-12-23-24-13-7-19(4)29-28(24)31-27(23)26;1-15-7-9-18-19-10-8-16(2)26-24(19)28-23(18)22(15)21-14-17(11-13-27(21)3)20-6-4-5-12-25-20/h2*8-16H,1-7H3;6-17H,1-5H3;4-14H,1-3H3/q4*+1/i15D,16D;;;. The second-order valence-electron chi connectivity index (χ2n) is 34.8. The molecule has 0 unspecified atom stereocenters. The number of fused-ring (bicyclic) bond motifs is 12. The van der Waals surface area contributed by atoms with E-state index in [2.05, 4.69) is 301 Å². The van der Waals surface area contributed by atoms with Gasteiger partial charge in [-0.2, -0.15) is 0 Å². The minimum atomic E-state index is -1.01. The number of hydrogen-bond donors (Lipinski definition) is 0. The van der Waals surface area contributed by atoms with Crippen molar-refractivity contribution < 1.29 is 38.7 Å². The van der Waals surface area contributed by atoms with Gasteiger partial charge in [0.25, 0.3) is 0 Å². The highest BCUT2D eigenvalue weighted by Gasteiger charge is 2.29. The summed E-state index contributed by atoms with van der Waals surface area (Å²) in [6.07, 6.45) is 10.1. The highest BCUT2D eigenvalue weighted by atomic mass is 16.4. The van der Waals surface area contributed by atoms with Gasteiger partial charge in [0.05, 0.1) is 39.1 Å². The molecule has 0 saturated heterocycles. The number of nitrogens with zero attached hydrogens (tertiary/aromatic N) is 15. The van der Waals surface area contributed by atoms with Crippen LogP contribution in [-0.2, 0) is 28.2 Å². The lowest BCUT2D eigenvalue weighted by Gasteiger charge is -2.11. The second kappa shape index (κ2) is 34.7. The molecule has 0 aliphatic rings. The van der Waals surface area contributed by atoms with E-state index in [1.54, 1.807) is 27.7 Å². The predicted octanol–water partition coefficient (Wildman–Crippen LogP) is 24.4. The average Bonchev–Trinajstić information content (AvgIpc) is 1.62. The van der Waals surface area contributed by atoms with Gasteiger partial charge in [0.2, 0.25) is 45.6 Å². The van der Waals surface area contributed by atoms with Crippen LogP contribution >= 0.6 is 0 Å². The molecule has 0 spiro atoms. The van der Waals surface area contributed by atoms with E-state index < -0.39 is 11.8 Å². The SMILES string of the molecule is Cc1ccc2c(n1)oc1c(-c3cc(-c4ccc(C(C)C)cc4)cc[n+]3C)c(C)ccc12.Cc1ccc2c(n1)oc1c(-c3cc(-c4ccccn4)cc[n+]3C)c(C)ccc12.Cc1ccc2c(n1)oc1c(-c3ccc(-c4nc(C(C)C)nc(C(C)C)n4)c[n+]3C)c(C)ccc12.[2H]C(C)(C)c1nc(-c2ccc(-c3c(C)ccc4c3oc3nc(C)ccc34)[n+](C)c2)nc(C([2H])(C)C)n1. The molecule has 5 aromatic carbocycles. The molecule has 19 heteroatoms. The van der Waals surface area contributed by atoms with Crippen LogP contribution in [0.2, 0.25) is 0 Å². The van der Waals surface area contributed by atoms with Crippen LogP contribution in [0.5, 0.6) is 0 Å². The fourth-order valence-electron chi connectivity index (χ4n) is 16.5. The number of rotatable bonds is 13. The summed E-state index contributed by atoms with van der Waals surface area (Å²) in [6, 6.07) is 65.3. The number of aryl methyl sites for hydroxylation is 12. The van der Waals surface area contributed by atoms with Crippen molar-refractivity contribution >= 4 is 88.3 Å². The summed E-state index contributed by atoms with van der Waals surface area (Å²) in [7, 11) is 8.18. The number of aromatic nitrogens is 15. The van der Waals surface area contributed by atoms with Gasteiger partial charge >= 0.3 is 0 Å². The average molecular weight is 1680 g/mol. The Morgan fingerprint density at radius 3 is 0.953 bits per heavy atom. The Bertz CT molecular complexity index is 7730. The molecule has 15 aromatic heterocycles. The van der Waals surface area contributed by atoms with Crippen LogP contribution in [0.3, 0.4) is 0 Å². The molecule has 0 bridgehead atoms. The Morgan fingerprint density at radius 2 is 0.614 bits per heavy atom. The maximum atomic E-state index is 8.45. The second-order valence-corrected chi connectivity index (χ2v) is 34.8. The van der Waals surface area contributed by atoms with Crippen LogP contribution in [0.15, 0.2) is 237 Å². The molecule has 0 saturated carbocycles. The van der Waals surface area contributed by atoms with Crippen molar-refractivity contribution in [2.75, 3.05) is 0 Å². The molecule has 0 radical (unpaired) electrons. The first-order valence-corrected chi connectivity index (χ1v) is 43.3. The highest BCUT2D eigenvalue weighted by Crippen LogP contribution is 2.43. The van der Waals surface area contributed by atoms with Gasteiger partial charge in [-0.15, -0.1) is 0 Å². The molecule has 19 nitrogen and oxygen atoms in total. The van der Waals surface area contributed by atoms with Crippen molar-refractivity contribution in [1.29, 1.82) is 0 Å². The Morgan fingerprint density at radius 1 is 0.283 bits per heavy atom. The lowest BCUT2D eigenvalue weighted by Crippen LogP contribution is -2.31. The molecule has 0 aliphatic carbocycles. The van der Waals surface area contributed by atoms with Crippen molar-refractivity contribution in [1.82, 2.24) is 54.8 Å². The molecule has 20 aromatic rings. The van der Waals surface area contributed by atoms with E-state index in [1.807, 2.05) is 106 Å². The topological polar surface area (TPSA) is 210 Å². The van der Waals surface area contributed by atoms with Crippen LogP contribution < -0.4 is 18.3 Å². The minimum Gasteiger partial charge on any atom is -0.437 e. The van der Waals surface area contributed by atoms with E-state index in [0.29, 0.717) is 52.1 Å². The van der Waals surface area contributed by atoms with E-state index in [9.17, 15) is 0 Å². The van der Waals surface area contributed by atoms with E-state index in [4.69, 9.17) is 30.4 Å². The lowest BCUT2D eigenvalue weighted by atomic mass is 9.96. The summed E-state index contributed by atoms with van der Waals surface area (Å²) in [5.74, 6) is 2.48. The fourth-order valence-corrected chi connectivity index (χ4v) is 16.5. The monoisotopic (exact) mass is 1680 g/mol. The first kappa shape index (κ1) is 82.3. The molecular weight excluding hydrogens is 1570 g/mol. The van der Waals surface area contributed by atoms with Gasteiger partial charge in [0.1, 0.15) is 51.5 Å². The zero-order chi connectivity index (χ0) is 91.1. The molecule has 0 amide bonds. The number of benzene rings is 5.